The lowest BCUT2D eigenvalue weighted by Crippen LogP contribution is -2.46. The van der Waals surface area contributed by atoms with Gasteiger partial charge >= 0.3 is 0 Å². The SMILES string of the molecule is CCC(CO)(CCCOc1cc(OC)cc(OC)c1)NC. The van der Waals surface area contributed by atoms with Gasteiger partial charge in [0.15, 0.2) is 0 Å². The van der Waals surface area contributed by atoms with E-state index in [0.29, 0.717) is 18.1 Å². The summed E-state index contributed by atoms with van der Waals surface area (Å²) in [5, 5.41) is 12.7. The highest BCUT2D eigenvalue weighted by molar-refractivity contribution is 5.41. The third-order valence-corrected chi connectivity index (χ3v) is 3.90. The molecule has 0 spiro atoms. The Morgan fingerprint density at radius 1 is 1.10 bits per heavy atom. The molecular weight excluding hydrogens is 270 g/mol. The molecule has 0 aliphatic rings. The summed E-state index contributed by atoms with van der Waals surface area (Å²) in [7, 11) is 5.11. The number of hydrogen-bond donors (Lipinski definition) is 2. The number of hydrogen-bond acceptors (Lipinski definition) is 5. The van der Waals surface area contributed by atoms with Crippen molar-refractivity contribution in [3.8, 4) is 17.2 Å². The number of nitrogens with one attached hydrogen (secondary N) is 1. The van der Waals surface area contributed by atoms with Gasteiger partial charge in [0.1, 0.15) is 17.2 Å². The average molecular weight is 297 g/mol. The van der Waals surface area contributed by atoms with Crippen LogP contribution in [0, 0.1) is 0 Å². The van der Waals surface area contributed by atoms with E-state index in [-0.39, 0.29) is 12.1 Å². The molecule has 5 heteroatoms. The minimum Gasteiger partial charge on any atom is -0.496 e. The highest BCUT2D eigenvalue weighted by Gasteiger charge is 2.24. The predicted molar refractivity (Wildman–Crippen MR) is 83.4 cm³/mol. The number of ether oxygens (including phenoxy) is 3. The molecule has 0 saturated heterocycles. The van der Waals surface area contributed by atoms with Crippen molar-refractivity contribution in [3.63, 3.8) is 0 Å². The summed E-state index contributed by atoms with van der Waals surface area (Å²) in [6, 6.07) is 5.47. The number of aliphatic hydroxyl groups excluding tert-OH is 1. The standard InChI is InChI=1S/C16H27NO4/c1-5-16(12-18,17-2)7-6-8-21-15-10-13(19-3)9-14(11-15)20-4/h9-11,17-18H,5-8,12H2,1-4H3. The zero-order valence-corrected chi connectivity index (χ0v) is 13.4. The maximum atomic E-state index is 9.49. The van der Waals surface area contributed by atoms with Gasteiger partial charge in [0, 0.05) is 23.7 Å². The van der Waals surface area contributed by atoms with E-state index in [9.17, 15) is 5.11 Å². The zero-order chi connectivity index (χ0) is 15.7. The van der Waals surface area contributed by atoms with Crippen molar-refractivity contribution in [1.29, 1.82) is 0 Å². The van der Waals surface area contributed by atoms with Gasteiger partial charge < -0.3 is 24.6 Å². The van der Waals surface area contributed by atoms with Crippen LogP contribution in [0.3, 0.4) is 0 Å². The van der Waals surface area contributed by atoms with Crippen molar-refractivity contribution in [2.24, 2.45) is 0 Å². The molecule has 1 rings (SSSR count). The molecule has 0 aliphatic heterocycles. The molecule has 1 unspecified atom stereocenters. The quantitative estimate of drug-likeness (QED) is 0.649. The summed E-state index contributed by atoms with van der Waals surface area (Å²) in [6.07, 6.45) is 2.60. The lowest BCUT2D eigenvalue weighted by molar-refractivity contribution is 0.145. The van der Waals surface area contributed by atoms with Crippen LogP contribution in [0.15, 0.2) is 18.2 Å². The number of rotatable bonds is 10. The van der Waals surface area contributed by atoms with Crippen molar-refractivity contribution in [3.05, 3.63) is 18.2 Å². The van der Waals surface area contributed by atoms with E-state index >= 15 is 0 Å². The third kappa shape index (κ3) is 5.10. The van der Waals surface area contributed by atoms with E-state index in [1.165, 1.54) is 0 Å². The maximum Gasteiger partial charge on any atom is 0.126 e. The van der Waals surface area contributed by atoms with Crippen LogP contribution >= 0.6 is 0 Å². The van der Waals surface area contributed by atoms with Crippen LogP contribution in [-0.4, -0.2) is 45.1 Å². The molecule has 0 bridgehead atoms. The molecular formula is C16H27NO4. The van der Waals surface area contributed by atoms with Crippen molar-refractivity contribution in [2.45, 2.75) is 31.7 Å². The van der Waals surface area contributed by atoms with Crippen molar-refractivity contribution >= 4 is 0 Å². The fraction of sp³-hybridized carbons (Fsp3) is 0.625. The molecule has 2 N–H and O–H groups in total. The van der Waals surface area contributed by atoms with Gasteiger partial charge in [0.25, 0.3) is 0 Å². The zero-order valence-electron chi connectivity index (χ0n) is 13.4. The number of methoxy groups -OCH3 is 2. The van der Waals surface area contributed by atoms with Gasteiger partial charge in [-0.1, -0.05) is 6.92 Å². The van der Waals surface area contributed by atoms with Gasteiger partial charge in [-0.05, 0) is 26.3 Å². The number of benzene rings is 1. The molecule has 0 heterocycles. The Labute approximate surface area is 127 Å². The Hall–Kier alpha value is -1.46. The van der Waals surface area contributed by atoms with E-state index < -0.39 is 0 Å². The molecule has 1 aromatic rings. The molecule has 0 aliphatic carbocycles. The molecule has 0 saturated carbocycles. The Morgan fingerprint density at radius 3 is 2.10 bits per heavy atom. The van der Waals surface area contributed by atoms with Crippen LogP contribution in [0.25, 0.3) is 0 Å². The lowest BCUT2D eigenvalue weighted by atomic mass is 9.92. The van der Waals surface area contributed by atoms with Gasteiger partial charge in [0.2, 0.25) is 0 Å². The summed E-state index contributed by atoms with van der Waals surface area (Å²) in [4.78, 5) is 0. The van der Waals surface area contributed by atoms with E-state index in [1.807, 2.05) is 25.2 Å². The second-order valence-electron chi connectivity index (χ2n) is 5.04. The number of aliphatic hydroxyl groups is 1. The topological polar surface area (TPSA) is 60.0 Å². The maximum absolute atomic E-state index is 9.49. The molecule has 5 nitrogen and oxygen atoms in total. The average Bonchev–Trinajstić information content (AvgIpc) is 2.55. The molecule has 1 aromatic carbocycles. The van der Waals surface area contributed by atoms with Gasteiger partial charge in [-0.25, -0.2) is 0 Å². The second kappa shape index (κ2) is 8.74. The Morgan fingerprint density at radius 2 is 1.67 bits per heavy atom. The minimum absolute atomic E-state index is 0.132. The van der Waals surface area contributed by atoms with Crippen molar-refractivity contribution in [2.75, 3.05) is 34.5 Å². The summed E-state index contributed by atoms with van der Waals surface area (Å²) in [5.41, 5.74) is -0.213. The normalized spacial score (nSPS) is 13.6. The molecule has 0 fully saturated rings. The predicted octanol–water partition coefficient (Wildman–Crippen LogP) is 2.22. The fourth-order valence-electron chi connectivity index (χ4n) is 2.21. The summed E-state index contributed by atoms with van der Waals surface area (Å²) in [6.45, 7) is 2.78. The van der Waals surface area contributed by atoms with Crippen molar-refractivity contribution < 1.29 is 19.3 Å². The van der Waals surface area contributed by atoms with Crippen LogP contribution in [0.5, 0.6) is 17.2 Å². The first-order valence-corrected chi connectivity index (χ1v) is 7.28. The fourth-order valence-corrected chi connectivity index (χ4v) is 2.21. The summed E-state index contributed by atoms with van der Waals surface area (Å²) in [5.74, 6) is 2.14. The third-order valence-electron chi connectivity index (χ3n) is 3.90. The first kappa shape index (κ1) is 17.6. The molecule has 21 heavy (non-hydrogen) atoms. The number of likely N-dealkylation sites (N-methyl/N-ethyl adjacent to an activating group) is 1. The highest BCUT2D eigenvalue weighted by atomic mass is 16.5. The largest absolute Gasteiger partial charge is 0.496 e. The van der Waals surface area contributed by atoms with Gasteiger partial charge in [0.05, 0.1) is 27.4 Å². The van der Waals surface area contributed by atoms with Gasteiger partial charge in [-0.2, -0.15) is 0 Å². The van der Waals surface area contributed by atoms with Crippen LogP contribution in [-0.2, 0) is 0 Å². The van der Waals surface area contributed by atoms with E-state index in [2.05, 4.69) is 12.2 Å². The second-order valence-corrected chi connectivity index (χ2v) is 5.04. The molecule has 0 radical (unpaired) electrons. The van der Waals surface area contributed by atoms with E-state index in [0.717, 1.165) is 25.0 Å². The molecule has 120 valence electrons. The van der Waals surface area contributed by atoms with E-state index in [4.69, 9.17) is 14.2 Å². The Balaban J connectivity index is 2.52. The first-order chi connectivity index (χ1) is 10.1. The summed E-state index contributed by atoms with van der Waals surface area (Å²) < 4.78 is 16.2. The van der Waals surface area contributed by atoms with Gasteiger partial charge in [-0.3, -0.25) is 0 Å². The van der Waals surface area contributed by atoms with Crippen LogP contribution in [0.2, 0.25) is 0 Å². The first-order valence-electron chi connectivity index (χ1n) is 7.28. The minimum atomic E-state index is -0.213. The molecule has 1 atom stereocenters. The summed E-state index contributed by atoms with van der Waals surface area (Å²) >= 11 is 0. The Bertz CT molecular complexity index is 388. The van der Waals surface area contributed by atoms with Crippen LogP contribution in [0.1, 0.15) is 26.2 Å². The smallest absolute Gasteiger partial charge is 0.126 e. The monoisotopic (exact) mass is 297 g/mol. The van der Waals surface area contributed by atoms with Crippen LogP contribution < -0.4 is 19.5 Å². The van der Waals surface area contributed by atoms with Crippen molar-refractivity contribution in [1.82, 2.24) is 5.32 Å². The highest BCUT2D eigenvalue weighted by Crippen LogP contribution is 2.27. The molecule has 0 amide bonds. The Kier molecular flexibility index (Phi) is 7.32. The lowest BCUT2D eigenvalue weighted by Gasteiger charge is -2.30. The molecule has 0 aromatic heterocycles. The van der Waals surface area contributed by atoms with Crippen LogP contribution in [0.4, 0.5) is 0 Å². The van der Waals surface area contributed by atoms with E-state index in [1.54, 1.807) is 14.2 Å². The van der Waals surface area contributed by atoms with Gasteiger partial charge in [-0.15, -0.1) is 0 Å².